The number of anilines is 2. The smallest absolute Gasteiger partial charge is 0.255 e. The molecule has 30 heavy (non-hydrogen) atoms. The molecule has 148 valence electrons. The highest BCUT2D eigenvalue weighted by molar-refractivity contribution is 6.30. The molecule has 0 saturated carbocycles. The molecule has 2 N–H and O–H groups in total. The maximum absolute atomic E-state index is 12.5. The van der Waals surface area contributed by atoms with Crippen LogP contribution >= 0.6 is 11.6 Å². The summed E-state index contributed by atoms with van der Waals surface area (Å²) in [6, 6.07) is 12.8. The van der Waals surface area contributed by atoms with Crippen LogP contribution in [0.2, 0.25) is 5.02 Å². The van der Waals surface area contributed by atoms with E-state index in [0.29, 0.717) is 28.7 Å². The molecule has 0 bridgehead atoms. The van der Waals surface area contributed by atoms with Crippen LogP contribution < -0.4 is 10.6 Å². The van der Waals surface area contributed by atoms with Gasteiger partial charge in [-0.2, -0.15) is 0 Å². The molecule has 4 rings (SSSR count). The van der Waals surface area contributed by atoms with Crippen molar-refractivity contribution in [2.24, 2.45) is 0 Å². The first kappa shape index (κ1) is 19.5. The molecule has 1 aliphatic rings. The molecular weight excluding hydrogens is 398 g/mol. The molecule has 0 saturated heterocycles. The minimum Gasteiger partial charge on any atom is -0.328 e. The minimum atomic E-state index is -0.184. The van der Waals surface area contributed by atoms with E-state index in [4.69, 9.17) is 11.6 Å². The van der Waals surface area contributed by atoms with Crippen molar-refractivity contribution in [1.82, 2.24) is 15.0 Å². The highest BCUT2D eigenvalue weighted by atomic mass is 35.5. The van der Waals surface area contributed by atoms with Crippen molar-refractivity contribution in [3.8, 4) is 11.3 Å². The number of pyridine rings is 1. The van der Waals surface area contributed by atoms with E-state index < -0.39 is 0 Å². The first-order chi connectivity index (χ1) is 14.7. The van der Waals surface area contributed by atoms with Crippen LogP contribution in [0, 0.1) is 0 Å². The number of benzene rings is 1. The normalized spacial score (nSPS) is 13.1. The number of halogens is 1. The molecule has 2 aromatic heterocycles. The number of allylic oxidation sites excluding steroid dienone is 3. The third kappa shape index (κ3) is 4.98. The second kappa shape index (κ2) is 9.15. The Bertz CT molecular complexity index is 1140. The maximum atomic E-state index is 12.5. The lowest BCUT2D eigenvalue weighted by atomic mass is 10.1. The highest BCUT2D eigenvalue weighted by Gasteiger charge is 2.10. The Balaban J connectivity index is 1.47. The quantitative estimate of drug-likeness (QED) is 0.612. The summed E-state index contributed by atoms with van der Waals surface area (Å²) in [6.45, 7) is 0. The Morgan fingerprint density at radius 1 is 0.967 bits per heavy atom. The third-order valence-electron chi connectivity index (χ3n) is 4.37. The van der Waals surface area contributed by atoms with Crippen molar-refractivity contribution in [2.75, 3.05) is 10.6 Å². The van der Waals surface area contributed by atoms with Gasteiger partial charge in [0.2, 0.25) is 5.95 Å². The van der Waals surface area contributed by atoms with E-state index in [1.807, 2.05) is 42.5 Å². The zero-order valence-electron chi connectivity index (χ0n) is 15.9. The second-order valence-electron chi connectivity index (χ2n) is 6.51. The van der Waals surface area contributed by atoms with Gasteiger partial charge < -0.3 is 10.6 Å². The van der Waals surface area contributed by atoms with Crippen molar-refractivity contribution in [3.63, 3.8) is 0 Å². The van der Waals surface area contributed by atoms with E-state index in [9.17, 15) is 4.79 Å². The Morgan fingerprint density at radius 2 is 1.77 bits per heavy atom. The lowest BCUT2D eigenvalue weighted by molar-refractivity contribution is -0.112. The van der Waals surface area contributed by atoms with Crippen LogP contribution in [0.1, 0.15) is 6.42 Å². The van der Waals surface area contributed by atoms with Crippen LogP contribution in [-0.4, -0.2) is 20.9 Å². The van der Waals surface area contributed by atoms with Crippen LogP contribution in [0.25, 0.3) is 11.3 Å². The van der Waals surface area contributed by atoms with Crippen LogP contribution in [-0.2, 0) is 4.79 Å². The van der Waals surface area contributed by atoms with Crippen LogP contribution in [0.15, 0.2) is 96.6 Å². The Morgan fingerprint density at radius 3 is 2.57 bits per heavy atom. The predicted molar refractivity (Wildman–Crippen MR) is 119 cm³/mol. The zero-order chi connectivity index (χ0) is 20.8. The van der Waals surface area contributed by atoms with Crippen molar-refractivity contribution in [2.45, 2.75) is 6.42 Å². The first-order valence-corrected chi connectivity index (χ1v) is 9.70. The molecule has 1 aromatic carbocycles. The van der Waals surface area contributed by atoms with Crippen molar-refractivity contribution >= 4 is 29.1 Å². The summed E-state index contributed by atoms with van der Waals surface area (Å²) < 4.78 is 0. The topological polar surface area (TPSA) is 79.8 Å². The molecule has 0 spiro atoms. The van der Waals surface area contributed by atoms with E-state index in [0.717, 1.165) is 17.0 Å². The van der Waals surface area contributed by atoms with Gasteiger partial charge in [-0.1, -0.05) is 35.9 Å². The molecular formula is C23H18ClN5O. The summed E-state index contributed by atoms with van der Waals surface area (Å²) in [6.07, 6.45) is 12.9. The van der Waals surface area contributed by atoms with Gasteiger partial charge in [-0.15, -0.1) is 0 Å². The largest absolute Gasteiger partial charge is 0.328 e. The number of aromatic nitrogens is 3. The summed E-state index contributed by atoms with van der Waals surface area (Å²) in [4.78, 5) is 25.3. The highest BCUT2D eigenvalue weighted by Crippen LogP contribution is 2.21. The number of hydrogen-bond acceptors (Lipinski definition) is 5. The Hall–Kier alpha value is -3.77. The number of nitrogens with zero attached hydrogens (tertiary/aromatic N) is 3. The lowest BCUT2D eigenvalue weighted by Gasteiger charge is -2.08. The lowest BCUT2D eigenvalue weighted by Crippen LogP contribution is -2.13. The number of rotatable bonds is 5. The molecule has 1 aliphatic carbocycles. The summed E-state index contributed by atoms with van der Waals surface area (Å²) in [5.74, 6) is 0.302. The molecule has 6 nitrogen and oxygen atoms in total. The molecule has 0 unspecified atom stereocenters. The van der Waals surface area contributed by atoms with Gasteiger partial charge in [-0.25, -0.2) is 9.97 Å². The first-order valence-electron chi connectivity index (χ1n) is 9.32. The monoisotopic (exact) mass is 415 g/mol. The second-order valence-corrected chi connectivity index (χ2v) is 6.94. The number of amides is 1. The third-order valence-corrected chi connectivity index (χ3v) is 4.62. The number of hydrogen-bond donors (Lipinski definition) is 2. The minimum absolute atomic E-state index is 0.184. The molecule has 3 aromatic rings. The van der Waals surface area contributed by atoms with Gasteiger partial charge in [-0.05, 0) is 42.5 Å². The molecule has 0 aliphatic heterocycles. The van der Waals surface area contributed by atoms with Gasteiger partial charge >= 0.3 is 0 Å². The fourth-order valence-electron chi connectivity index (χ4n) is 2.85. The van der Waals surface area contributed by atoms with Gasteiger partial charge in [0, 0.05) is 52.6 Å². The van der Waals surface area contributed by atoms with Gasteiger partial charge in [-0.3, -0.25) is 9.78 Å². The van der Waals surface area contributed by atoms with Gasteiger partial charge in [0.05, 0.1) is 5.69 Å². The molecule has 0 radical (unpaired) electrons. The van der Waals surface area contributed by atoms with Crippen molar-refractivity contribution in [3.05, 3.63) is 102 Å². The SMILES string of the molecule is O=C(Nc1ccncc1)C1=CC=C(Nc2nccc(-c3ccc(Cl)cc3)n2)CC=C1. The molecule has 1 amide bonds. The number of carbonyl (C=O) groups excluding carboxylic acids is 1. The average Bonchev–Trinajstić information content (AvgIpc) is 3.01. The predicted octanol–water partition coefficient (Wildman–Crippen LogP) is 5.01. The molecule has 7 heteroatoms. The van der Waals surface area contributed by atoms with E-state index in [1.54, 1.807) is 42.9 Å². The van der Waals surface area contributed by atoms with Gasteiger partial charge in [0.15, 0.2) is 0 Å². The van der Waals surface area contributed by atoms with E-state index in [2.05, 4.69) is 25.6 Å². The van der Waals surface area contributed by atoms with Crippen LogP contribution in [0.5, 0.6) is 0 Å². The fourth-order valence-corrected chi connectivity index (χ4v) is 2.98. The van der Waals surface area contributed by atoms with Gasteiger partial charge in [0.25, 0.3) is 5.91 Å². The molecule has 0 fully saturated rings. The fraction of sp³-hybridized carbons (Fsp3) is 0.0435. The average molecular weight is 416 g/mol. The summed E-state index contributed by atoms with van der Waals surface area (Å²) >= 11 is 5.96. The maximum Gasteiger partial charge on any atom is 0.255 e. The zero-order valence-corrected chi connectivity index (χ0v) is 16.7. The molecule has 0 atom stereocenters. The standard InChI is InChI=1S/C23H18ClN5O/c24-18-7-4-16(5-8-18)21-12-15-26-23(29-21)28-19-3-1-2-17(6-9-19)22(30)27-20-10-13-25-14-11-20/h1-2,4-15H,3H2,(H,25,27,30)(H,26,28,29). The Kier molecular flexibility index (Phi) is 5.96. The van der Waals surface area contributed by atoms with Gasteiger partial charge in [0.1, 0.15) is 0 Å². The van der Waals surface area contributed by atoms with E-state index >= 15 is 0 Å². The van der Waals surface area contributed by atoms with Crippen LogP contribution in [0.4, 0.5) is 11.6 Å². The van der Waals surface area contributed by atoms with E-state index in [1.165, 1.54) is 0 Å². The van der Waals surface area contributed by atoms with E-state index in [-0.39, 0.29) is 5.91 Å². The van der Waals surface area contributed by atoms with Crippen molar-refractivity contribution < 1.29 is 4.79 Å². The Labute approximate surface area is 179 Å². The van der Waals surface area contributed by atoms with Crippen molar-refractivity contribution in [1.29, 1.82) is 0 Å². The summed E-state index contributed by atoms with van der Waals surface area (Å²) in [5, 5.41) is 6.76. The van der Waals surface area contributed by atoms with Crippen LogP contribution in [0.3, 0.4) is 0 Å². The summed E-state index contributed by atoms with van der Waals surface area (Å²) in [7, 11) is 0. The number of nitrogens with one attached hydrogen (secondary N) is 2. The summed E-state index contributed by atoms with van der Waals surface area (Å²) in [5.41, 5.74) is 3.88. The molecule has 2 heterocycles. The number of carbonyl (C=O) groups is 1.